The Morgan fingerprint density at radius 1 is 1.44 bits per heavy atom. The Labute approximate surface area is 117 Å². The van der Waals surface area contributed by atoms with E-state index in [4.69, 9.17) is 5.11 Å². The van der Waals surface area contributed by atoms with Crippen molar-refractivity contribution in [2.24, 2.45) is 5.92 Å². The lowest BCUT2D eigenvalue weighted by Crippen LogP contribution is -2.28. The van der Waals surface area contributed by atoms with Crippen molar-refractivity contribution in [1.29, 1.82) is 0 Å². The van der Waals surface area contributed by atoms with Crippen LogP contribution in [0.3, 0.4) is 0 Å². The molecule has 0 amide bonds. The van der Waals surface area contributed by atoms with Crippen molar-refractivity contribution in [1.82, 2.24) is 0 Å². The second-order valence-electron chi connectivity index (χ2n) is 4.52. The Morgan fingerprint density at radius 2 is 2.11 bits per heavy atom. The molecule has 0 saturated carbocycles. The first-order valence-corrected chi connectivity index (χ1v) is 7.06. The average Bonchev–Trinajstić information content (AvgIpc) is 2.35. The summed E-state index contributed by atoms with van der Waals surface area (Å²) in [5, 5.41) is 8.94. The number of halogens is 1. The SMILES string of the molecule is CCC(C)CN(CC)c1ccc(C(=O)O)cc1Br. The normalized spacial score (nSPS) is 12.2. The van der Waals surface area contributed by atoms with Crippen molar-refractivity contribution in [3.63, 3.8) is 0 Å². The molecule has 0 bridgehead atoms. The van der Waals surface area contributed by atoms with E-state index < -0.39 is 5.97 Å². The number of rotatable bonds is 6. The fraction of sp³-hybridized carbons (Fsp3) is 0.500. The molecule has 1 unspecified atom stereocenters. The van der Waals surface area contributed by atoms with Crippen LogP contribution < -0.4 is 4.90 Å². The summed E-state index contributed by atoms with van der Waals surface area (Å²) in [5.41, 5.74) is 1.37. The van der Waals surface area contributed by atoms with E-state index in [1.165, 1.54) is 0 Å². The van der Waals surface area contributed by atoms with Gasteiger partial charge in [0.05, 0.1) is 11.3 Å². The minimum atomic E-state index is -0.896. The van der Waals surface area contributed by atoms with Crippen LogP contribution in [0.4, 0.5) is 5.69 Å². The topological polar surface area (TPSA) is 40.5 Å². The molecular formula is C14H20BrNO2. The van der Waals surface area contributed by atoms with Crippen molar-refractivity contribution in [2.75, 3.05) is 18.0 Å². The molecule has 100 valence electrons. The Kier molecular flexibility index (Phi) is 5.66. The lowest BCUT2D eigenvalue weighted by molar-refractivity contribution is 0.0697. The first kappa shape index (κ1) is 15.0. The molecule has 0 aliphatic heterocycles. The molecule has 0 aromatic heterocycles. The molecule has 0 aliphatic carbocycles. The third-order valence-corrected chi connectivity index (χ3v) is 3.78. The van der Waals surface area contributed by atoms with E-state index in [-0.39, 0.29) is 0 Å². The Morgan fingerprint density at radius 3 is 2.56 bits per heavy atom. The van der Waals surface area contributed by atoms with Gasteiger partial charge in [-0.1, -0.05) is 20.3 Å². The third kappa shape index (κ3) is 3.73. The molecule has 1 atom stereocenters. The van der Waals surface area contributed by atoms with Gasteiger partial charge in [-0.05, 0) is 47.0 Å². The van der Waals surface area contributed by atoms with Crippen molar-refractivity contribution in [3.8, 4) is 0 Å². The monoisotopic (exact) mass is 313 g/mol. The van der Waals surface area contributed by atoms with Crippen LogP contribution in [0.5, 0.6) is 0 Å². The van der Waals surface area contributed by atoms with E-state index in [1.54, 1.807) is 12.1 Å². The number of hydrogen-bond donors (Lipinski definition) is 1. The van der Waals surface area contributed by atoms with Crippen LogP contribution in [0.25, 0.3) is 0 Å². The van der Waals surface area contributed by atoms with Crippen molar-refractivity contribution in [2.45, 2.75) is 27.2 Å². The number of anilines is 1. The van der Waals surface area contributed by atoms with Gasteiger partial charge in [-0.3, -0.25) is 0 Å². The van der Waals surface area contributed by atoms with Crippen LogP contribution in [-0.2, 0) is 0 Å². The summed E-state index contributed by atoms with van der Waals surface area (Å²) in [4.78, 5) is 13.2. The highest BCUT2D eigenvalue weighted by molar-refractivity contribution is 9.10. The number of carbonyl (C=O) groups is 1. The number of nitrogens with zero attached hydrogens (tertiary/aromatic N) is 1. The maximum Gasteiger partial charge on any atom is 0.335 e. The first-order valence-electron chi connectivity index (χ1n) is 6.27. The van der Waals surface area contributed by atoms with Gasteiger partial charge in [0.1, 0.15) is 0 Å². The number of carboxylic acids is 1. The second kappa shape index (κ2) is 6.78. The van der Waals surface area contributed by atoms with E-state index >= 15 is 0 Å². The van der Waals surface area contributed by atoms with Gasteiger partial charge in [-0.15, -0.1) is 0 Å². The summed E-state index contributed by atoms with van der Waals surface area (Å²) in [6, 6.07) is 5.19. The van der Waals surface area contributed by atoms with Gasteiger partial charge < -0.3 is 10.0 Å². The number of benzene rings is 1. The fourth-order valence-electron chi connectivity index (χ4n) is 1.80. The zero-order valence-corrected chi connectivity index (χ0v) is 12.7. The fourth-order valence-corrected chi connectivity index (χ4v) is 2.43. The third-order valence-electron chi connectivity index (χ3n) is 3.15. The lowest BCUT2D eigenvalue weighted by atomic mass is 10.1. The molecule has 0 radical (unpaired) electrons. The van der Waals surface area contributed by atoms with E-state index in [2.05, 4.69) is 41.6 Å². The van der Waals surface area contributed by atoms with Gasteiger partial charge in [0.15, 0.2) is 0 Å². The minimum absolute atomic E-state index is 0.310. The molecule has 0 fully saturated rings. The Bertz CT molecular complexity index is 420. The Balaban J connectivity index is 2.96. The maximum absolute atomic E-state index is 10.9. The van der Waals surface area contributed by atoms with Gasteiger partial charge in [0.2, 0.25) is 0 Å². The van der Waals surface area contributed by atoms with Gasteiger partial charge in [-0.25, -0.2) is 4.79 Å². The standard InChI is InChI=1S/C14H20BrNO2/c1-4-10(3)9-16(5-2)13-7-6-11(14(17)18)8-12(13)15/h6-8,10H,4-5,9H2,1-3H3,(H,17,18). The Hall–Kier alpha value is -1.03. The van der Waals surface area contributed by atoms with Gasteiger partial charge in [-0.2, -0.15) is 0 Å². The predicted molar refractivity (Wildman–Crippen MR) is 78.4 cm³/mol. The largest absolute Gasteiger partial charge is 0.478 e. The van der Waals surface area contributed by atoms with Crippen LogP contribution in [0.2, 0.25) is 0 Å². The van der Waals surface area contributed by atoms with Crippen LogP contribution in [0.15, 0.2) is 22.7 Å². The number of aromatic carboxylic acids is 1. The molecule has 4 heteroatoms. The van der Waals surface area contributed by atoms with Crippen LogP contribution in [0.1, 0.15) is 37.6 Å². The maximum atomic E-state index is 10.9. The molecule has 0 aliphatic rings. The summed E-state index contributed by atoms with van der Waals surface area (Å²) < 4.78 is 0.840. The zero-order chi connectivity index (χ0) is 13.7. The number of carboxylic acid groups (broad SMARTS) is 1. The predicted octanol–water partition coefficient (Wildman–Crippen LogP) is 4.02. The van der Waals surface area contributed by atoms with Gasteiger partial charge in [0.25, 0.3) is 0 Å². The van der Waals surface area contributed by atoms with Crippen molar-refractivity contribution < 1.29 is 9.90 Å². The van der Waals surface area contributed by atoms with Gasteiger partial charge in [0, 0.05) is 17.6 Å². The lowest BCUT2D eigenvalue weighted by Gasteiger charge is -2.27. The molecule has 3 nitrogen and oxygen atoms in total. The highest BCUT2D eigenvalue weighted by Gasteiger charge is 2.13. The van der Waals surface area contributed by atoms with E-state index in [1.807, 2.05) is 6.07 Å². The summed E-state index contributed by atoms with van der Waals surface area (Å²) in [6.07, 6.45) is 1.14. The molecule has 0 saturated heterocycles. The van der Waals surface area contributed by atoms with E-state index in [9.17, 15) is 4.79 Å². The van der Waals surface area contributed by atoms with Crippen molar-refractivity contribution in [3.05, 3.63) is 28.2 Å². The van der Waals surface area contributed by atoms with E-state index in [0.717, 1.165) is 29.7 Å². The van der Waals surface area contributed by atoms with Crippen LogP contribution in [0, 0.1) is 5.92 Å². The second-order valence-corrected chi connectivity index (χ2v) is 5.38. The molecule has 1 rings (SSSR count). The zero-order valence-electron chi connectivity index (χ0n) is 11.1. The van der Waals surface area contributed by atoms with Crippen LogP contribution >= 0.6 is 15.9 Å². The van der Waals surface area contributed by atoms with Crippen molar-refractivity contribution >= 4 is 27.6 Å². The van der Waals surface area contributed by atoms with E-state index in [0.29, 0.717) is 11.5 Å². The quantitative estimate of drug-likeness (QED) is 0.862. The molecule has 18 heavy (non-hydrogen) atoms. The number of hydrogen-bond acceptors (Lipinski definition) is 2. The summed E-state index contributed by atoms with van der Waals surface area (Å²) in [7, 11) is 0. The van der Waals surface area contributed by atoms with Crippen LogP contribution in [-0.4, -0.2) is 24.2 Å². The highest BCUT2D eigenvalue weighted by atomic mass is 79.9. The van der Waals surface area contributed by atoms with Gasteiger partial charge >= 0.3 is 5.97 Å². The smallest absolute Gasteiger partial charge is 0.335 e. The average molecular weight is 314 g/mol. The molecular weight excluding hydrogens is 294 g/mol. The molecule has 1 aromatic carbocycles. The summed E-state index contributed by atoms with van der Waals surface area (Å²) >= 11 is 3.46. The molecule has 0 heterocycles. The molecule has 0 spiro atoms. The molecule has 1 N–H and O–H groups in total. The summed E-state index contributed by atoms with van der Waals surface area (Å²) in [5.74, 6) is -0.275. The highest BCUT2D eigenvalue weighted by Crippen LogP contribution is 2.28. The molecule has 1 aromatic rings. The summed E-state index contributed by atoms with van der Waals surface area (Å²) in [6.45, 7) is 8.41. The minimum Gasteiger partial charge on any atom is -0.478 e. The first-order chi connectivity index (χ1) is 8.49.